The number of carbonyl (C=O) groups is 1. The molecular weight excluding hydrogens is 322 g/mol. The van der Waals surface area contributed by atoms with Gasteiger partial charge in [-0.1, -0.05) is 0 Å². The van der Waals surface area contributed by atoms with Gasteiger partial charge in [-0.3, -0.25) is 4.79 Å². The fourth-order valence-corrected chi connectivity index (χ4v) is 3.27. The summed E-state index contributed by atoms with van der Waals surface area (Å²) in [7, 11) is 0. The number of amides is 1. The van der Waals surface area contributed by atoms with Gasteiger partial charge in [0.2, 0.25) is 5.88 Å². The maximum atomic E-state index is 13.6. The summed E-state index contributed by atoms with van der Waals surface area (Å²) in [4.78, 5) is 16.3. The normalized spacial score (nSPS) is 17.0. The molecule has 1 amide bonds. The van der Waals surface area contributed by atoms with Gasteiger partial charge in [0, 0.05) is 29.6 Å². The molecule has 1 unspecified atom stereocenters. The van der Waals surface area contributed by atoms with Crippen molar-refractivity contribution in [2.24, 2.45) is 0 Å². The second-order valence-corrected chi connectivity index (χ2v) is 6.21. The van der Waals surface area contributed by atoms with Crippen molar-refractivity contribution in [2.45, 2.75) is 12.5 Å². The fourth-order valence-electron chi connectivity index (χ4n) is 2.18. The number of ether oxygens (including phenoxy) is 1. The molecule has 1 aliphatic heterocycles. The van der Waals surface area contributed by atoms with Gasteiger partial charge in [0.25, 0.3) is 5.91 Å². The van der Waals surface area contributed by atoms with E-state index in [2.05, 4.69) is 10.3 Å². The molecule has 2 aromatic rings. The lowest BCUT2D eigenvalue weighted by Gasteiger charge is -2.12. The predicted octanol–water partition coefficient (Wildman–Crippen LogP) is 3.50. The molecule has 2 heterocycles. The summed E-state index contributed by atoms with van der Waals surface area (Å²) in [5.41, 5.74) is 0.215. The van der Waals surface area contributed by atoms with Gasteiger partial charge in [-0.25, -0.2) is 13.8 Å². The van der Waals surface area contributed by atoms with Crippen LogP contribution in [0, 0.1) is 11.6 Å². The number of rotatable bonds is 4. The molecule has 1 saturated heterocycles. The van der Waals surface area contributed by atoms with Gasteiger partial charge in [-0.05, 0) is 30.4 Å². The highest BCUT2D eigenvalue weighted by molar-refractivity contribution is 7.99. The minimum atomic E-state index is -0.827. The van der Waals surface area contributed by atoms with Crippen LogP contribution >= 0.6 is 11.8 Å². The van der Waals surface area contributed by atoms with Crippen LogP contribution in [0.5, 0.6) is 5.88 Å². The molecule has 0 aliphatic carbocycles. The van der Waals surface area contributed by atoms with Crippen LogP contribution in [0.4, 0.5) is 14.5 Å². The lowest BCUT2D eigenvalue weighted by atomic mass is 10.2. The van der Waals surface area contributed by atoms with Crippen molar-refractivity contribution in [1.82, 2.24) is 4.98 Å². The summed E-state index contributed by atoms with van der Waals surface area (Å²) < 4.78 is 32.2. The number of nitrogens with one attached hydrogen (secondary N) is 1. The van der Waals surface area contributed by atoms with Crippen molar-refractivity contribution in [3.05, 3.63) is 53.7 Å². The number of pyridine rings is 1. The average Bonchev–Trinajstić information content (AvgIpc) is 3.03. The van der Waals surface area contributed by atoms with E-state index in [0.717, 1.165) is 24.0 Å². The van der Waals surface area contributed by atoms with Crippen molar-refractivity contribution in [3.8, 4) is 5.88 Å². The highest BCUT2D eigenvalue weighted by Crippen LogP contribution is 2.23. The average molecular weight is 336 g/mol. The highest BCUT2D eigenvalue weighted by atomic mass is 32.2. The zero-order chi connectivity index (χ0) is 16.2. The van der Waals surface area contributed by atoms with E-state index in [1.165, 1.54) is 24.4 Å². The van der Waals surface area contributed by atoms with Crippen molar-refractivity contribution in [3.63, 3.8) is 0 Å². The van der Waals surface area contributed by atoms with Gasteiger partial charge in [-0.2, -0.15) is 11.8 Å². The number of carbonyl (C=O) groups excluding carboxylic acids is 1. The van der Waals surface area contributed by atoms with E-state index in [0.29, 0.717) is 17.5 Å². The first kappa shape index (κ1) is 15.7. The van der Waals surface area contributed by atoms with E-state index in [4.69, 9.17) is 4.74 Å². The van der Waals surface area contributed by atoms with Crippen LogP contribution in [0.25, 0.3) is 0 Å². The Morgan fingerprint density at radius 2 is 2.17 bits per heavy atom. The predicted molar refractivity (Wildman–Crippen MR) is 84.9 cm³/mol. The summed E-state index contributed by atoms with van der Waals surface area (Å²) in [6, 6.07) is 6.00. The lowest BCUT2D eigenvalue weighted by Crippen LogP contribution is -2.17. The first-order chi connectivity index (χ1) is 11.1. The Balaban J connectivity index is 1.71. The van der Waals surface area contributed by atoms with Crippen LogP contribution in [-0.2, 0) is 0 Å². The monoisotopic (exact) mass is 336 g/mol. The summed E-state index contributed by atoms with van der Waals surface area (Å²) in [5, 5.41) is 2.41. The van der Waals surface area contributed by atoms with Gasteiger partial charge >= 0.3 is 0 Å². The standard InChI is InChI=1S/C16H14F2N2O2S/c17-11-1-2-14(13(18)8-11)20-16(21)10-3-5-19-15(7-10)22-12-4-6-23-9-12/h1-3,5,7-8,12H,4,6,9H2,(H,20,21). The molecule has 0 spiro atoms. The molecule has 1 aliphatic rings. The van der Waals surface area contributed by atoms with Gasteiger partial charge in [0.05, 0.1) is 5.69 Å². The van der Waals surface area contributed by atoms with E-state index in [1.807, 2.05) is 11.8 Å². The Morgan fingerprint density at radius 1 is 1.30 bits per heavy atom. The molecule has 0 saturated carbocycles. The molecule has 1 fully saturated rings. The van der Waals surface area contributed by atoms with Gasteiger partial charge in [-0.15, -0.1) is 0 Å². The summed E-state index contributed by atoms with van der Waals surface area (Å²) >= 11 is 1.81. The molecule has 7 heteroatoms. The first-order valence-electron chi connectivity index (χ1n) is 7.08. The molecule has 1 aromatic heterocycles. The van der Waals surface area contributed by atoms with E-state index in [1.54, 1.807) is 0 Å². The van der Waals surface area contributed by atoms with Crippen molar-refractivity contribution in [1.29, 1.82) is 0 Å². The molecule has 23 heavy (non-hydrogen) atoms. The molecule has 1 aromatic carbocycles. The first-order valence-corrected chi connectivity index (χ1v) is 8.24. The number of thioether (sulfide) groups is 1. The molecule has 0 bridgehead atoms. The zero-order valence-electron chi connectivity index (χ0n) is 12.1. The number of benzene rings is 1. The highest BCUT2D eigenvalue weighted by Gasteiger charge is 2.18. The summed E-state index contributed by atoms with van der Waals surface area (Å²) in [5.74, 6) is 0.280. The number of nitrogens with zero attached hydrogens (tertiary/aromatic N) is 1. The topological polar surface area (TPSA) is 51.2 Å². The van der Waals surface area contributed by atoms with Crippen LogP contribution in [0.2, 0.25) is 0 Å². The quantitative estimate of drug-likeness (QED) is 0.928. The minimum absolute atomic E-state index is 0.0807. The zero-order valence-corrected chi connectivity index (χ0v) is 12.9. The molecule has 1 N–H and O–H groups in total. The third-order valence-electron chi connectivity index (χ3n) is 3.35. The van der Waals surface area contributed by atoms with Crippen molar-refractivity contribution < 1.29 is 18.3 Å². The second kappa shape index (κ2) is 6.95. The summed E-state index contributed by atoms with van der Waals surface area (Å²) in [6.45, 7) is 0. The molecule has 3 rings (SSSR count). The SMILES string of the molecule is O=C(Nc1ccc(F)cc1F)c1ccnc(OC2CCSC2)c1. The fraction of sp³-hybridized carbons (Fsp3) is 0.250. The van der Waals surface area contributed by atoms with E-state index < -0.39 is 17.5 Å². The Hall–Kier alpha value is -2.15. The van der Waals surface area contributed by atoms with Crippen LogP contribution < -0.4 is 10.1 Å². The van der Waals surface area contributed by atoms with Crippen LogP contribution in [-0.4, -0.2) is 28.5 Å². The second-order valence-electron chi connectivity index (χ2n) is 5.06. The smallest absolute Gasteiger partial charge is 0.255 e. The minimum Gasteiger partial charge on any atom is -0.473 e. The van der Waals surface area contributed by atoms with Crippen LogP contribution in [0.3, 0.4) is 0 Å². The Labute approximate surface area is 136 Å². The number of anilines is 1. The Morgan fingerprint density at radius 3 is 2.91 bits per heavy atom. The third kappa shape index (κ3) is 3.98. The van der Waals surface area contributed by atoms with Gasteiger partial charge in [0.1, 0.15) is 17.7 Å². The van der Waals surface area contributed by atoms with E-state index in [-0.39, 0.29) is 11.8 Å². The maximum Gasteiger partial charge on any atom is 0.255 e. The molecule has 1 atom stereocenters. The Kier molecular flexibility index (Phi) is 4.76. The molecule has 4 nitrogen and oxygen atoms in total. The van der Waals surface area contributed by atoms with Crippen molar-refractivity contribution in [2.75, 3.05) is 16.8 Å². The molecule has 0 radical (unpaired) electrons. The van der Waals surface area contributed by atoms with Gasteiger partial charge in [0.15, 0.2) is 0 Å². The molecule has 120 valence electrons. The third-order valence-corrected chi connectivity index (χ3v) is 4.48. The lowest BCUT2D eigenvalue weighted by molar-refractivity contribution is 0.102. The number of hydrogen-bond acceptors (Lipinski definition) is 4. The largest absolute Gasteiger partial charge is 0.473 e. The number of halogens is 2. The number of hydrogen-bond donors (Lipinski definition) is 1. The van der Waals surface area contributed by atoms with Crippen molar-refractivity contribution >= 4 is 23.4 Å². The number of aromatic nitrogens is 1. The Bertz CT molecular complexity index is 721. The van der Waals surface area contributed by atoms with Gasteiger partial charge < -0.3 is 10.1 Å². The van der Waals surface area contributed by atoms with Crippen LogP contribution in [0.15, 0.2) is 36.5 Å². The molecular formula is C16H14F2N2O2S. The maximum absolute atomic E-state index is 13.6. The van der Waals surface area contributed by atoms with E-state index >= 15 is 0 Å². The van der Waals surface area contributed by atoms with Crippen LogP contribution in [0.1, 0.15) is 16.8 Å². The van der Waals surface area contributed by atoms with E-state index in [9.17, 15) is 13.6 Å². The summed E-state index contributed by atoms with van der Waals surface area (Å²) in [6.07, 6.45) is 2.51.